The number of carbonyl (C=O) groups excluding carboxylic acids is 1. The van der Waals surface area contributed by atoms with Gasteiger partial charge in [-0.25, -0.2) is 0 Å². The lowest BCUT2D eigenvalue weighted by Crippen LogP contribution is -2.48. The van der Waals surface area contributed by atoms with Gasteiger partial charge in [0.15, 0.2) is 0 Å². The third kappa shape index (κ3) is 2.74. The molecule has 0 radical (unpaired) electrons. The van der Waals surface area contributed by atoms with Crippen molar-refractivity contribution in [3.8, 4) is 5.75 Å². The zero-order valence-corrected chi connectivity index (χ0v) is 14.1. The summed E-state index contributed by atoms with van der Waals surface area (Å²) in [6, 6.07) is 5.99. The molecule has 1 N–H and O–H groups in total. The second-order valence-corrected chi connectivity index (χ2v) is 6.96. The zero-order valence-electron chi connectivity index (χ0n) is 14.1. The number of esters is 1. The molecule has 23 heavy (non-hydrogen) atoms. The van der Waals surface area contributed by atoms with E-state index < -0.39 is 5.60 Å². The molecule has 1 saturated carbocycles. The van der Waals surface area contributed by atoms with Gasteiger partial charge in [0, 0.05) is 18.8 Å². The van der Waals surface area contributed by atoms with Crippen LogP contribution >= 0.6 is 0 Å². The Morgan fingerprint density at radius 2 is 2.00 bits per heavy atom. The lowest BCUT2D eigenvalue weighted by molar-refractivity contribution is -0.148. The summed E-state index contributed by atoms with van der Waals surface area (Å²) in [5.41, 5.74) is 1.12. The van der Waals surface area contributed by atoms with E-state index in [4.69, 9.17) is 9.47 Å². The van der Waals surface area contributed by atoms with Crippen LogP contribution in [-0.2, 0) is 21.6 Å². The normalized spacial score (nSPS) is 25.2. The second kappa shape index (κ2) is 6.16. The predicted octanol–water partition coefficient (Wildman–Crippen LogP) is 3.34. The van der Waals surface area contributed by atoms with Crippen LogP contribution in [0.15, 0.2) is 18.2 Å². The number of aliphatic hydroxyl groups is 1. The number of hydrogen-bond acceptors (Lipinski definition) is 4. The maximum absolute atomic E-state index is 11.8. The first-order valence-electron chi connectivity index (χ1n) is 8.54. The predicted molar refractivity (Wildman–Crippen MR) is 87.4 cm³/mol. The zero-order chi connectivity index (χ0) is 16.5. The molecule has 0 bridgehead atoms. The molecule has 0 aromatic heterocycles. The van der Waals surface area contributed by atoms with Gasteiger partial charge in [-0.15, -0.1) is 0 Å². The molecule has 1 fully saturated rings. The highest BCUT2D eigenvalue weighted by atomic mass is 16.5. The van der Waals surface area contributed by atoms with Crippen molar-refractivity contribution in [1.29, 1.82) is 0 Å². The standard InChI is InChI=1S/C19H26O4/c1-14(20)23-12-11-19(21)17-13-16(22-2)6-5-15(17)7-10-18(19)8-3-4-9-18/h5-6,13,21H,3-4,7-12H2,1-2H3. The van der Waals surface area contributed by atoms with E-state index in [1.54, 1.807) is 7.11 Å². The molecular formula is C19H26O4. The largest absolute Gasteiger partial charge is 0.497 e. The Bertz CT molecular complexity index is 589. The van der Waals surface area contributed by atoms with Gasteiger partial charge in [0.1, 0.15) is 5.75 Å². The van der Waals surface area contributed by atoms with Crippen LogP contribution in [-0.4, -0.2) is 24.8 Å². The molecule has 4 heteroatoms. The second-order valence-electron chi connectivity index (χ2n) is 6.96. The molecule has 126 valence electrons. The lowest BCUT2D eigenvalue weighted by Gasteiger charge is -2.50. The van der Waals surface area contributed by atoms with Crippen LogP contribution in [0, 0.1) is 5.41 Å². The van der Waals surface area contributed by atoms with E-state index in [0.717, 1.165) is 49.8 Å². The summed E-state index contributed by atoms with van der Waals surface area (Å²) in [4.78, 5) is 11.1. The molecule has 1 aromatic rings. The molecule has 1 aromatic carbocycles. The molecule has 0 amide bonds. The number of fused-ring (bicyclic) bond motifs is 1. The van der Waals surface area contributed by atoms with E-state index in [1.165, 1.54) is 12.5 Å². The smallest absolute Gasteiger partial charge is 0.302 e. The van der Waals surface area contributed by atoms with E-state index in [2.05, 4.69) is 6.07 Å². The highest BCUT2D eigenvalue weighted by Crippen LogP contribution is 2.59. The van der Waals surface area contributed by atoms with Crippen LogP contribution in [0.5, 0.6) is 5.75 Å². The summed E-state index contributed by atoms with van der Waals surface area (Å²) in [5.74, 6) is 0.473. The monoisotopic (exact) mass is 318 g/mol. The lowest BCUT2D eigenvalue weighted by atomic mass is 9.58. The van der Waals surface area contributed by atoms with Gasteiger partial charge >= 0.3 is 5.97 Å². The Balaban J connectivity index is 2.00. The first kappa shape index (κ1) is 16.3. The van der Waals surface area contributed by atoms with Crippen LogP contribution in [0.2, 0.25) is 0 Å². The number of hydrogen-bond donors (Lipinski definition) is 1. The Kier molecular flexibility index (Phi) is 4.37. The Morgan fingerprint density at radius 3 is 2.65 bits per heavy atom. The van der Waals surface area contributed by atoms with E-state index in [0.29, 0.717) is 6.42 Å². The molecule has 4 nitrogen and oxygen atoms in total. The summed E-state index contributed by atoms with van der Waals surface area (Å²) in [7, 11) is 1.65. The van der Waals surface area contributed by atoms with E-state index in [1.807, 2.05) is 12.1 Å². The number of rotatable bonds is 4. The van der Waals surface area contributed by atoms with E-state index >= 15 is 0 Å². The molecule has 1 unspecified atom stereocenters. The van der Waals surface area contributed by atoms with Gasteiger partial charge in [0.2, 0.25) is 0 Å². The van der Waals surface area contributed by atoms with Gasteiger partial charge in [-0.05, 0) is 48.9 Å². The third-order valence-corrected chi connectivity index (χ3v) is 5.84. The number of ether oxygens (including phenoxy) is 2. The number of methoxy groups -OCH3 is 1. The van der Waals surface area contributed by atoms with Crippen molar-refractivity contribution in [3.05, 3.63) is 29.3 Å². The minimum atomic E-state index is -0.943. The average molecular weight is 318 g/mol. The van der Waals surface area contributed by atoms with E-state index in [9.17, 15) is 9.90 Å². The molecule has 1 atom stereocenters. The molecule has 3 rings (SSSR count). The van der Waals surface area contributed by atoms with Crippen LogP contribution in [0.3, 0.4) is 0 Å². The highest BCUT2D eigenvalue weighted by molar-refractivity contribution is 5.65. The Morgan fingerprint density at radius 1 is 1.26 bits per heavy atom. The molecule has 2 aliphatic carbocycles. The van der Waals surface area contributed by atoms with Gasteiger partial charge in [-0.2, -0.15) is 0 Å². The van der Waals surface area contributed by atoms with Gasteiger partial charge in [-0.1, -0.05) is 18.9 Å². The van der Waals surface area contributed by atoms with Gasteiger partial charge < -0.3 is 14.6 Å². The summed E-state index contributed by atoms with van der Waals surface area (Å²) >= 11 is 0. The maximum atomic E-state index is 11.8. The van der Waals surface area contributed by atoms with E-state index in [-0.39, 0.29) is 18.0 Å². The average Bonchev–Trinajstić information content (AvgIpc) is 3.01. The van der Waals surface area contributed by atoms with Gasteiger partial charge in [0.05, 0.1) is 19.3 Å². The topological polar surface area (TPSA) is 55.8 Å². The first-order chi connectivity index (χ1) is 11.0. The summed E-state index contributed by atoms with van der Waals surface area (Å²) < 4.78 is 10.5. The highest BCUT2D eigenvalue weighted by Gasteiger charge is 2.54. The fraction of sp³-hybridized carbons (Fsp3) is 0.632. The number of aryl methyl sites for hydroxylation is 1. The van der Waals surface area contributed by atoms with Crippen molar-refractivity contribution in [2.24, 2.45) is 5.41 Å². The Hall–Kier alpha value is -1.55. The molecule has 0 aliphatic heterocycles. The maximum Gasteiger partial charge on any atom is 0.302 e. The fourth-order valence-corrected chi connectivity index (χ4v) is 4.61. The Labute approximate surface area is 137 Å². The van der Waals surface area contributed by atoms with Crippen LogP contribution in [0.4, 0.5) is 0 Å². The van der Waals surface area contributed by atoms with Crippen molar-refractivity contribution in [3.63, 3.8) is 0 Å². The number of carbonyl (C=O) groups is 1. The van der Waals surface area contributed by atoms with Gasteiger partial charge in [0.25, 0.3) is 0 Å². The molecule has 0 heterocycles. The van der Waals surface area contributed by atoms with Crippen LogP contribution in [0.1, 0.15) is 56.6 Å². The quantitative estimate of drug-likeness (QED) is 0.865. The summed E-state index contributed by atoms with van der Waals surface area (Å²) in [6.07, 6.45) is 6.86. The summed E-state index contributed by atoms with van der Waals surface area (Å²) in [6.45, 7) is 1.66. The van der Waals surface area contributed by atoms with Crippen LogP contribution in [0.25, 0.3) is 0 Å². The minimum Gasteiger partial charge on any atom is -0.497 e. The van der Waals surface area contributed by atoms with Crippen molar-refractivity contribution in [1.82, 2.24) is 0 Å². The third-order valence-electron chi connectivity index (χ3n) is 5.84. The SMILES string of the molecule is COc1ccc2c(c1)C(O)(CCOC(C)=O)C1(CCCC1)CC2. The molecule has 0 saturated heterocycles. The molecule has 2 aliphatic rings. The van der Waals surface area contributed by atoms with Crippen molar-refractivity contribution < 1.29 is 19.4 Å². The van der Waals surface area contributed by atoms with Crippen molar-refractivity contribution >= 4 is 5.97 Å². The summed E-state index contributed by atoms with van der Waals surface area (Å²) in [5, 5.41) is 11.8. The first-order valence-corrected chi connectivity index (χ1v) is 8.54. The van der Waals surface area contributed by atoms with Crippen molar-refractivity contribution in [2.75, 3.05) is 13.7 Å². The fourth-order valence-electron chi connectivity index (χ4n) is 4.61. The minimum absolute atomic E-state index is 0.0908. The van der Waals surface area contributed by atoms with Crippen molar-refractivity contribution in [2.45, 2.75) is 57.5 Å². The van der Waals surface area contributed by atoms with Gasteiger partial charge in [-0.3, -0.25) is 4.79 Å². The van der Waals surface area contributed by atoms with Crippen LogP contribution < -0.4 is 4.74 Å². The molecular weight excluding hydrogens is 292 g/mol. The molecule has 1 spiro atoms. The number of benzene rings is 1.